The molecule has 3 atom stereocenters. The first-order chi connectivity index (χ1) is 11.6. The van der Waals surface area contributed by atoms with Crippen molar-refractivity contribution < 1.29 is 19.4 Å². The zero-order chi connectivity index (χ0) is 17.4. The molecule has 0 aliphatic heterocycles. The number of nitrogens with one attached hydrogen (secondary N) is 1. The molecule has 0 aromatic heterocycles. The van der Waals surface area contributed by atoms with Crippen LogP contribution in [-0.2, 0) is 16.1 Å². The van der Waals surface area contributed by atoms with Crippen molar-refractivity contribution >= 4 is 12.1 Å². The smallest absolute Gasteiger partial charge is 0.407 e. The monoisotopic (exact) mass is 333 g/mol. The molecule has 0 spiro atoms. The van der Waals surface area contributed by atoms with Crippen molar-refractivity contribution in [3.63, 3.8) is 0 Å². The van der Waals surface area contributed by atoms with Gasteiger partial charge in [0, 0.05) is 6.04 Å². The molecule has 1 amide bonds. The van der Waals surface area contributed by atoms with E-state index in [1.807, 2.05) is 30.3 Å². The predicted octanol–water partition coefficient (Wildman–Crippen LogP) is 3.97. The summed E-state index contributed by atoms with van der Waals surface area (Å²) >= 11 is 0. The second-order valence-electron chi connectivity index (χ2n) is 6.64. The van der Waals surface area contributed by atoms with Crippen LogP contribution in [0.5, 0.6) is 0 Å². The van der Waals surface area contributed by atoms with Crippen molar-refractivity contribution in [1.82, 2.24) is 5.32 Å². The molecule has 1 aromatic carbocycles. The van der Waals surface area contributed by atoms with Crippen LogP contribution in [0.15, 0.2) is 30.3 Å². The number of ether oxygens (including phenoxy) is 1. The lowest BCUT2D eigenvalue weighted by Gasteiger charge is -2.35. The molecule has 132 valence electrons. The maximum absolute atomic E-state index is 12.0. The number of hydrogen-bond acceptors (Lipinski definition) is 3. The number of benzene rings is 1. The van der Waals surface area contributed by atoms with Crippen LogP contribution in [0.25, 0.3) is 0 Å². The summed E-state index contributed by atoms with van der Waals surface area (Å²) in [4.78, 5) is 23.2. The Morgan fingerprint density at radius 2 is 2.00 bits per heavy atom. The van der Waals surface area contributed by atoms with Crippen molar-refractivity contribution in [1.29, 1.82) is 0 Å². The Labute approximate surface area is 143 Å². The molecular weight excluding hydrogens is 306 g/mol. The highest BCUT2D eigenvalue weighted by atomic mass is 16.5. The van der Waals surface area contributed by atoms with Gasteiger partial charge in [-0.3, -0.25) is 4.79 Å². The summed E-state index contributed by atoms with van der Waals surface area (Å²) in [5.74, 6) is -0.253. The van der Waals surface area contributed by atoms with Crippen LogP contribution in [0.2, 0.25) is 0 Å². The van der Waals surface area contributed by atoms with E-state index in [0.717, 1.165) is 37.7 Å². The van der Waals surface area contributed by atoms with E-state index in [0.29, 0.717) is 5.92 Å². The van der Waals surface area contributed by atoms with Crippen molar-refractivity contribution in [3.8, 4) is 0 Å². The quantitative estimate of drug-likeness (QED) is 0.791. The van der Waals surface area contributed by atoms with Gasteiger partial charge in [-0.15, -0.1) is 0 Å². The van der Waals surface area contributed by atoms with Crippen LogP contribution in [-0.4, -0.2) is 23.2 Å². The van der Waals surface area contributed by atoms with Gasteiger partial charge < -0.3 is 15.2 Å². The number of alkyl carbamates (subject to hydrolysis) is 1. The fraction of sp³-hybridized carbons (Fsp3) is 0.579. The summed E-state index contributed by atoms with van der Waals surface area (Å²) in [6.45, 7) is 2.37. The Morgan fingerprint density at radius 1 is 1.25 bits per heavy atom. The number of hydrogen-bond donors (Lipinski definition) is 2. The van der Waals surface area contributed by atoms with Crippen molar-refractivity contribution in [3.05, 3.63) is 35.9 Å². The average molecular weight is 333 g/mol. The van der Waals surface area contributed by atoms with Gasteiger partial charge in [-0.25, -0.2) is 4.79 Å². The predicted molar refractivity (Wildman–Crippen MR) is 91.5 cm³/mol. The normalized spacial score (nSPS) is 23.5. The minimum Gasteiger partial charge on any atom is -0.481 e. The van der Waals surface area contributed by atoms with E-state index in [9.17, 15) is 9.59 Å². The maximum atomic E-state index is 12.0. The highest BCUT2D eigenvalue weighted by molar-refractivity contribution is 5.69. The van der Waals surface area contributed by atoms with Crippen LogP contribution in [0.1, 0.15) is 51.0 Å². The maximum Gasteiger partial charge on any atom is 0.407 e. The van der Waals surface area contributed by atoms with Crippen molar-refractivity contribution in [2.75, 3.05) is 0 Å². The molecule has 1 aromatic rings. The van der Waals surface area contributed by atoms with E-state index in [2.05, 4.69) is 12.2 Å². The molecule has 2 rings (SSSR count). The van der Waals surface area contributed by atoms with Gasteiger partial charge in [-0.05, 0) is 36.7 Å². The lowest BCUT2D eigenvalue weighted by molar-refractivity contribution is -0.138. The third-order valence-electron chi connectivity index (χ3n) is 4.74. The van der Waals surface area contributed by atoms with Crippen LogP contribution >= 0.6 is 0 Å². The van der Waals surface area contributed by atoms with Crippen LogP contribution < -0.4 is 5.32 Å². The molecule has 1 fully saturated rings. The van der Waals surface area contributed by atoms with E-state index in [1.165, 1.54) is 0 Å². The van der Waals surface area contributed by atoms with E-state index < -0.39 is 12.1 Å². The summed E-state index contributed by atoms with van der Waals surface area (Å²) in [6, 6.07) is 9.39. The van der Waals surface area contributed by atoms with Crippen LogP contribution in [0.3, 0.4) is 0 Å². The number of carbonyl (C=O) groups is 2. The van der Waals surface area contributed by atoms with Gasteiger partial charge in [0.15, 0.2) is 0 Å². The van der Waals surface area contributed by atoms with E-state index in [4.69, 9.17) is 9.84 Å². The topological polar surface area (TPSA) is 75.6 Å². The first-order valence-corrected chi connectivity index (χ1v) is 8.77. The van der Waals surface area contributed by atoms with Crippen LogP contribution in [0.4, 0.5) is 4.79 Å². The second-order valence-corrected chi connectivity index (χ2v) is 6.64. The van der Waals surface area contributed by atoms with Crippen molar-refractivity contribution in [2.45, 2.75) is 58.1 Å². The van der Waals surface area contributed by atoms with Gasteiger partial charge in [-0.2, -0.15) is 0 Å². The first-order valence-electron chi connectivity index (χ1n) is 8.77. The molecule has 5 heteroatoms. The Bertz CT molecular complexity index is 531. The fourth-order valence-electron chi connectivity index (χ4n) is 3.59. The minimum absolute atomic E-state index is 0.0166. The molecule has 24 heavy (non-hydrogen) atoms. The highest BCUT2D eigenvalue weighted by Crippen LogP contribution is 2.34. The first kappa shape index (κ1) is 18.3. The van der Waals surface area contributed by atoms with Gasteiger partial charge >= 0.3 is 12.1 Å². The van der Waals surface area contributed by atoms with E-state index in [1.54, 1.807) is 0 Å². The molecule has 1 aliphatic carbocycles. The Hall–Kier alpha value is -2.04. The highest BCUT2D eigenvalue weighted by Gasteiger charge is 2.32. The molecule has 5 nitrogen and oxygen atoms in total. The molecular formula is C19H27NO4. The lowest BCUT2D eigenvalue weighted by atomic mass is 9.75. The molecule has 2 N–H and O–H groups in total. The number of rotatable bonds is 7. The zero-order valence-corrected chi connectivity index (χ0v) is 14.2. The number of carboxylic acids is 1. The summed E-state index contributed by atoms with van der Waals surface area (Å²) in [6.07, 6.45) is 4.60. The summed E-state index contributed by atoms with van der Waals surface area (Å²) in [5.41, 5.74) is 0.932. The van der Waals surface area contributed by atoms with Crippen molar-refractivity contribution in [2.24, 2.45) is 11.8 Å². The summed E-state index contributed by atoms with van der Waals surface area (Å²) in [7, 11) is 0. The molecule has 0 saturated heterocycles. The second kappa shape index (κ2) is 9.30. The molecule has 0 radical (unpaired) electrons. The van der Waals surface area contributed by atoms with Gasteiger partial charge in [0.25, 0.3) is 0 Å². The third kappa shape index (κ3) is 5.87. The largest absolute Gasteiger partial charge is 0.481 e. The SMILES string of the molecule is CCCC1CCC(NC(=O)OCc2ccccc2)C(CC(=O)O)C1. The molecule has 1 aliphatic rings. The standard InChI is InChI=1S/C19H27NO4/c1-2-6-14-9-10-17(16(11-14)12-18(21)22)20-19(23)24-13-15-7-4-3-5-8-15/h3-5,7-8,14,16-17H,2,6,9-13H2,1H3,(H,20,23)(H,21,22). The summed E-state index contributed by atoms with van der Waals surface area (Å²) < 4.78 is 5.26. The molecule has 0 heterocycles. The van der Waals surface area contributed by atoms with E-state index in [-0.39, 0.29) is 25.0 Å². The zero-order valence-electron chi connectivity index (χ0n) is 14.2. The van der Waals surface area contributed by atoms with E-state index >= 15 is 0 Å². The number of amides is 1. The van der Waals surface area contributed by atoms with Gasteiger partial charge in [0.1, 0.15) is 6.61 Å². The molecule has 3 unspecified atom stereocenters. The Kier molecular flexibility index (Phi) is 7.09. The fourth-order valence-corrected chi connectivity index (χ4v) is 3.59. The molecule has 1 saturated carbocycles. The molecule has 0 bridgehead atoms. The number of carboxylic acid groups (broad SMARTS) is 1. The minimum atomic E-state index is -0.804. The average Bonchev–Trinajstić information content (AvgIpc) is 2.56. The van der Waals surface area contributed by atoms with Gasteiger partial charge in [0.2, 0.25) is 0 Å². The lowest BCUT2D eigenvalue weighted by Crippen LogP contribution is -2.44. The van der Waals surface area contributed by atoms with Crippen LogP contribution in [0, 0.1) is 11.8 Å². The summed E-state index contributed by atoms with van der Waals surface area (Å²) in [5, 5.41) is 12.0. The Morgan fingerprint density at radius 3 is 2.67 bits per heavy atom. The number of aliphatic carboxylic acids is 1. The third-order valence-corrected chi connectivity index (χ3v) is 4.74. The Balaban J connectivity index is 1.86. The van der Waals surface area contributed by atoms with Gasteiger partial charge in [0.05, 0.1) is 6.42 Å². The van der Waals surface area contributed by atoms with Gasteiger partial charge in [-0.1, -0.05) is 50.1 Å². The number of carbonyl (C=O) groups excluding carboxylic acids is 1.